The van der Waals surface area contributed by atoms with Crippen LogP contribution in [0.2, 0.25) is 0 Å². The van der Waals surface area contributed by atoms with Crippen molar-refractivity contribution in [2.24, 2.45) is 0 Å². The normalized spacial score (nSPS) is 25.7. The Kier molecular flexibility index (Phi) is 9.51. The number of aromatic nitrogens is 5. The lowest BCUT2D eigenvalue weighted by Gasteiger charge is -2.47. The number of fused-ring (bicyclic) bond motifs is 5. The zero-order valence-electron chi connectivity index (χ0n) is 30.7. The van der Waals surface area contributed by atoms with E-state index in [0.717, 1.165) is 47.5 Å². The predicted molar refractivity (Wildman–Crippen MR) is 208 cm³/mol. The number of ether oxygens (including phenoxy) is 2. The van der Waals surface area contributed by atoms with E-state index in [2.05, 4.69) is 42.0 Å². The minimum Gasteiger partial charge on any atom is -0.461 e. The van der Waals surface area contributed by atoms with Crippen LogP contribution in [0.15, 0.2) is 30.6 Å². The molecule has 1 aromatic carbocycles. The number of halogens is 5. The van der Waals surface area contributed by atoms with Gasteiger partial charge in [0.15, 0.2) is 5.82 Å². The molecule has 0 radical (unpaired) electrons. The molecule has 0 saturated carbocycles. The smallest absolute Gasteiger partial charge is 0.411 e. The summed E-state index contributed by atoms with van der Waals surface area (Å²) in [6, 6.07) is 1.43. The van der Waals surface area contributed by atoms with E-state index in [-0.39, 0.29) is 54.5 Å². The van der Waals surface area contributed by atoms with Gasteiger partial charge in [-0.15, -0.1) is 0 Å². The van der Waals surface area contributed by atoms with Crippen molar-refractivity contribution in [1.82, 2.24) is 34.3 Å². The van der Waals surface area contributed by atoms with E-state index < -0.39 is 46.9 Å². The number of pyridine rings is 1. The Morgan fingerprint density at radius 2 is 1.94 bits per heavy atom. The summed E-state index contributed by atoms with van der Waals surface area (Å²) in [7, 11) is 0. The van der Waals surface area contributed by atoms with Crippen molar-refractivity contribution in [2.75, 3.05) is 37.7 Å². The standard InChI is InChI=1S/C37H42F4IN8O3P/c1-20-11-26-24(15-44-50(26)54-42)28(21(20)2)31-29(41)30-25(14-43-31)32(46-33(45-30)52-19-37-8-6-10-48(37)16-22(38)12-37)47-17-23-7-9-36(18-47,13-27(39)40)49(23)34(51)53-35(3,4)5/h11,13-15,22-23,54H,6-10,12,16-19H2,1-5H3/t22?,23?,36?,37-/m0/s1. The molecular weight excluding hydrogens is 838 g/mol. The van der Waals surface area contributed by atoms with Crippen molar-refractivity contribution in [3.63, 3.8) is 0 Å². The maximum Gasteiger partial charge on any atom is 0.411 e. The van der Waals surface area contributed by atoms with E-state index in [4.69, 9.17) is 14.5 Å². The molecule has 4 unspecified atom stereocenters. The Labute approximate surface area is 325 Å². The Balaban J connectivity index is 1.26. The lowest BCUT2D eigenvalue weighted by atomic mass is 9.94. The average Bonchev–Trinajstić information content (AvgIpc) is 3.82. The first-order valence-corrected chi connectivity index (χ1v) is 22.2. The molecule has 4 fully saturated rings. The molecule has 54 heavy (non-hydrogen) atoms. The Bertz CT molecular complexity index is 2200. The number of aryl methyl sites for hydroxylation is 1. The fourth-order valence-electron chi connectivity index (χ4n) is 9.12. The van der Waals surface area contributed by atoms with Crippen LogP contribution in [-0.2, 0) is 4.74 Å². The number of anilines is 1. The monoisotopic (exact) mass is 880 g/mol. The van der Waals surface area contributed by atoms with Gasteiger partial charge in [0.1, 0.15) is 35.4 Å². The molecule has 0 aliphatic carbocycles. The van der Waals surface area contributed by atoms with Gasteiger partial charge in [-0.25, -0.2) is 18.0 Å². The first-order valence-electron chi connectivity index (χ1n) is 18.2. The molecule has 4 aliphatic rings. The third kappa shape index (κ3) is 6.37. The summed E-state index contributed by atoms with van der Waals surface area (Å²) >= 11 is 2.25. The van der Waals surface area contributed by atoms with Gasteiger partial charge in [0, 0.05) is 49.3 Å². The number of hydrogen-bond donors (Lipinski definition) is 0. The quantitative estimate of drug-likeness (QED) is 0.103. The van der Waals surface area contributed by atoms with Gasteiger partial charge in [-0.3, -0.25) is 14.8 Å². The van der Waals surface area contributed by atoms with Crippen molar-refractivity contribution in [3.8, 4) is 17.3 Å². The molecule has 17 heteroatoms. The van der Waals surface area contributed by atoms with Crippen LogP contribution in [0.25, 0.3) is 33.1 Å². The number of hydrogen-bond acceptors (Lipinski definition) is 9. The summed E-state index contributed by atoms with van der Waals surface area (Å²) in [5.74, 6) is -0.438. The van der Waals surface area contributed by atoms with E-state index >= 15 is 4.39 Å². The van der Waals surface area contributed by atoms with Crippen molar-refractivity contribution >= 4 is 62.1 Å². The number of carbonyl (C=O) groups is 1. The summed E-state index contributed by atoms with van der Waals surface area (Å²) in [6.45, 7) is 10.4. The van der Waals surface area contributed by atoms with Crippen LogP contribution in [-0.4, -0.2) is 102 Å². The molecule has 4 saturated heterocycles. The molecule has 1 amide bonds. The van der Waals surface area contributed by atoms with Crippen LogP contribution >= 0.6 is 28.4 Å². The number of alkyl halides is 1. The van der Waals surface area contributed by atoms with Gasteiger partial charge in [0.05, 0.1) is 40.6 Å². The molecular formula is C37H42F4IN8O3P. The second-order valence-electron chi connectivity index (χ2n) is 16.1. The van der Waals surface area contributed by atoms with Gasteiger partial charge in [-0.1, -0.05) is 0 Å². The third-order valence-electron chi connectivity index (χ3n) is 11.5. The molecule has 288 valence electrons. The lowest BCUT2D eigenvalue weighted by molar-refractivity contribution is 0.00167. The first-order chi connectivity index (χ1) is 25.6. The molecule has 3 aromatic heterocycles. The van der Waals surface area contributed by atoms with Crippen molar-refractivity contribution < 1.29 is 31.8 Å². The number of piperazine rings is 1. The van der Waals surface area contributed by atoms with E-state index in [9.17, 15) is 18.0 Å². The second-order valence-corrected chi connectivity index (χ2v) is 18.1. The molecule has 5 atom stereocenters. The maximum absolute atomic E-state index is 17.3. The lowest BCUT2D eigenvalue weighted by Crippen LogP contribution is -2.63. The summed E-state index contributed by atoms with van der Waals surface area (Å²) < 4.78 is 74.3. The van der Waals surface area contributed by atoms with Gasteiger partial charge >= 0.3 is 12.1 Å². The van der Waals surface area contributed by atoms with Crippen LogP contribution in [0.5, 0.6) is 6.01 Å². The highest BCUT2D eigenvalue weighted by atomic mass is 127. The van der Waals surface area contributed by atoms with E-state index in [1.54, 1.807) is 31.9 Å². The molecule has 8 rings (SSSR count). The number of carbonyl (C=O) groups excluding carboxylic acids is 1. The highest BCUT2D eigenvalue weighted by molar-refractivity contribution is 14.2. The SMILES string of the molecule is Cc1cc2c(cnn2PI)c(-c2ncc3c(N4CC5CCC(C=C(F)F)(C4)N5C(=O)OC(C)(C)C)nc(OC[C@@]45CCCN4CC(F)C5)nc3c2F)c1C. The van der Waals surface area contributed by atoms with Gasteiger partial charge in [0.25, 0.3) is 6.08 Å². The van der Waals surface area contributed by atoms with Gasteiger partial charge in [-0.05, 0) is 106 Å². The van der Waals surface area contributed by atoms with Gasteiger partial charge in [-0.2, -0.15) is 23.8 Å². The fourth-order valence-corrected chi connectivity index (χ4v) is 10.7. The molecule has 11 nitrogen and oxygen atoms in total. The number of rotatable bonds is 7. The van der Waals surface area contributed by atoms with Crippen molar-refractivity contribution in [2.45, 2.75) is 95.6 Å². The Hall–Kier alpha value is -3.37. The molecule has 4 aliphatic heterocycles. The third-order valence-corrected chi connectivity index (χ3v) is 13.4. The predicted octanol–water partition coefficient (Wildman–Crippen LogP) is 8.28. The van der Waals surface area contributed by atoms with Crippen molar-refractivity contribution in [1.29, 1.82) is 0 Å². The minimum atomic E-state index is -1.92. The Morgan fingerprint density at radius 3 is 2.69 bits per heavy atom. The summed E-state index contributed by atoms with van der Waals surface area (Å²) in [5, 5.41) is 5.55. The topological polar surface area (TPSA) is 102 Å². The maximum atomic E-state index is 17.3. The summed E-state index contributed by atoms with van der Waals surface area (Å²) in [5.41, 5.74) is 0.513. The van der Waals surface area contributed by atoms with E-state index in [1.807, 2.05) is 24.4 Å². The minimum absolute atomic E-state index is 0.0454. The number of benzene rings is 1. The van der Waals surface area contributed by atoms with Crippen LogP contribution < -0.4 is 9.64 Å². The van der Waals surface area contributed by atoms with Crippen LogP contribution in [0.3, 0.4) is 0 Å². The largest absolute Gasteiger partial charge is 0.461 e. The summed E-state index contributed by atoms with van der Waals surface area (Å²) in [6.07, 6.45) is 3.52. The highest BCUT2D eigenvalue weighted by Gasteiger charge is 2.55. The zero-order chi connectivity index (χ0) is 38.3. The van der Waals surface area contributed by atoms with Crippen molar-refractivity contribution in [3.05, 3.63) is 47.6 Å². The van der Waals surface area contributed by atoms with Crippen LogP contribution in [0, 0.1) is 19.7 Å². The second kappa shape index (κ2) is 13.7. The van der Waals surface area contributed by atoms with Crippen LogP contribution in [0.4, 0.5) is 28.2 Å². The van der Waals surface area contributed by atoms with E-state index in [0.29, 0.717) is 31.3 Å². The first kappa shape index (κ1) is 37.5. The van der Waals surface area contributed by atoms with E-state index in [1.165, 1.54) is 11.1 Å². The number of amides is 1. The Morgan fingerprint density at radius 1 is 1.15 bits per heavy atom. The molecule has 2 bridgehead atoms. The highest BCUT2D eigenvalue weighted by Crippen LogP contribution is 2.46. The molecule has 7 heterocycles. The van der Waals surface area contributed by atoms with Crippen LogP contribution in [0.1, 0.15) is 64.0 Å². The zero-order valence-corrected chi connectivity index (χ0v) is 33.9. The fraction of sp³-hybridized carbons (Fsp3) is 0.541. The van der Waals surface area contributed by atoms with Gasteiger partial charge in [0.2, 0.25) is 0 Å². The summed E-state index contributed by atoms with van der Waals surface area (Å²) in [4.78, 5) is 33.0. The van der Waals surface area contributed by atoms with Gasteiger partial charge < -0.3 is 14.4 Å². The molecule has 0 N–H and O–H groups in total. The number of nitrogens with zero attached hydrogens (tertiary/aromatic N) is 8. The molecule has 4 aromatic rings. The molecule has 0 spiro atoms. The average molecular weight is 881 g/mol.